The smallest absolute Gasteiger partial charge is 0.263 e. The normalized spacial score (nSPS) is 20.8. The second-order valence-electron chi connectivity index (χ2n) is 6.70. The standard InChI is InChI=1S/C21H25FN2O2/c1-2-19(26-20-11-7-6-10-18(20)22)21(25)24-13-16(12-23)17(14-24)15-8-4-3-5-9-15/h3-11,16-17,19H,2,12-14,23H2,1H3/t16-,17+,19?/m1/s1. The summed E-state index contributed by atoms with van der Waals surface area (Å²) < 4.78 is 19.5. The van der Waals surface area contributed by atoms with E-state index in [0.717, 1.165) is 0 Å². The number of likely N-dealkylation sites (tertiary alicyclic amines) is 1. The average Bonchev–Trinajstić information content (AvgIpc) is 3.12. The van der Waals surface area contributed by atoms with E-state index < -0.39 is 11.9 Å². The van der Waals surface area contributed by atoms with Crippen molar-refractivity contribution in [2.75, 3.05) is 19.6 Å². The molecule has 1 aliphatic heterocycles. The summed E-state index contributed by atoms with van der Waals surface area (Å²) >= 11 is 0. The maximum Gasteiger partial charge on any atom is 0.263 e. The van der Waals surface area contributed by atoms with E-state index in [0.29, 0.717) is 26.1 Å². The molecule has 1 aliphatic rings. The van der Waals surface area contributed by atoms with Crippen LogP contribution in [0.25, 0.3) is 0 Å². The number of para-hydroxylation sites is 1. The highest BCUT2D eigenvalue weighted by atomic mass is 19.1. The van der Waals surface area contributed by atoms with Crippen LogP contribution in [0, 0.1) is 11.7 Å². The fourth-order valence-electron chi connectivity index (χ4n) is 3.57. The zero-order valence-electron chi connectivity index (χ0n) is 15.0. The van der Waals surface area contributed by atoms with Gasteiger partial charge in [-0.05, 0) is 36.6 Å². The van der Waals surface area contributed by atoms with Crippen LogP contribution in [0.1, 0.15) is 24.8 Å². The van der Waals surface area contributed by atoms with Crippen LogP contribution in [0.4, 0.5) is 4.39 Å². The van der Waals surface area contributed by atoms with E-state index in [1.54, 1.807) is 18.2 Å². The first kappa shape index (κ1) is 18.4. The fourth-order valence-corrected chi connectivity index (χ4v) is 3.57. The lowest BCUT2D eigenvalue weighted by Crippen LogP contribution is -2.41. The summed E-state index contributed by atoms with van der Waals surface area (Å²) in [4.78, 5) is 14.8. The minimum absolute atomic E-state index is 0.104. The summed E-state index contributed by atoms with van der Waals surface area (Å²) in [6, 6.07) is 16.3. The first-order valence-corrected chi connectivity index (χ1v) is 9.09. The Labute approximate surface area is 153 Å². The van der Waals surface area contributed by atoms with Crippen molar-refractivity contribution in [3.05, 3.63) is 66.0 Å². The Hall–Kier alpha value is -2.40. The predicted molar refractivity (Wildman–Crippen MR) is 99.4 cm³/mol. The van der Waals surface area contributed by atoms with E-state index in [9.17, 15) is 9.18 Å². The SMILES string of the molecule is CCC(Oc1ccccc1F)C(=O)N1C[C@@H](CN)[C@H](c2ccccc2)C1. The highest BCUT2D eigenvalue weighted by molar-refractivity contribution is 5.81. The molecule has 138 valence electrons. The van der Waals surface area contributed by atoms with E-state index in [1.807, 2.05) is 30.0 Å². The number of hydrogen-bond donors (Lipinski definition) is 1. The average molecular weight is 356 g/mol. The molecule has 0 aliphatic carbocycles. The summed E-state index contributed by atoms with van der Waals surface area (Å²) in [5.74, 6) is -0.0138. The van der Waals surface area contributed by atoms with Crippen molar-refractivity contribution in [2.24, 2.45) is 11.7 Å². The number of amides is 1. The Morgan fingerprint density at radius 2 is 1.88 bits per heavy atom. The topological polar surface area (TPSA) is 55.6 Å². The molecule has 5 heteroatoms. The van der Waals surface area contributed by atoms with Gasteiger partial charge in [0.1, 0.15) is 0 Å². The lowest BCUT2D eigenvalue weighted by atomic mass is 9.89. The summed E-state index contributed by atoms with van der Waals surface area (Å²) in [6.45, 7) is 3.61. The Bertz CT molecular complexity index is 738. The van der Waals surface area contributed by atoms with Gasteiger partial charge in [-0.25, -0.2) is 4.39 Å². The second-order valence-corrected chi connectivity index (χ2v) is 6.70. The number of hydrogen-bond acceptors (Lipinski definition) is 3. The van der Waals surface area contributed by atoms with Crippen LogP contribution in [0.2, 0.25) is 0 Å². The molecular formula is C21H25FN2O2. The van der Waals surface area contributed by atoms with Crippen LogP contribution in [-0.4, -0.2) is 36.5 Å². The van der Waals surface area contributed by atoms with Crippen LogP contribution in [0.3, 0.4) is 0 Å². The molecule has 3 rings (SSSR count). The van der Waals surface area contributed by atoms with Crippen molar-refractivity contribution in [1.82, 2.24) is 4.90 Å². The fraction of sp³-hybridized carbons (Fsp3) is 0.381. The molecule has 1 heterocycles. The molecule has 0 aromatic heterocycles. The van der Waals surface area contributed by atoms with Gasteiger partial charge < -0.3 is 15.4 Å². The number of nitrogens with two attached hydrogens (primary N) is 1. The largest absolute Gasteiger partial charge is 0.478 e. The molecule has 3 atom stereocenters. The van der Waals surface area contributed by atoms with Gasteiger partial charge in [0.2, 0.25) is 0 Å². The number of ether oxygens (including phenoxy) is 1. The number of nitrogens with zero attached hydrogens (tertiary/aromatic N) is 1. The van der Waals surface area contributed by atoms with E-state index in [-0.39, 0.29) is 23.5 Å². The third kappa shape index (κ3) is 3.88. The van der Waals surface area contributed by atoms with E-state index in [1.165, 1.54) is 11.6 Å². The number of benzene rings is 2. The molecule has 1 amide bonds. The second kappa shape index (κ2) is 8.32. The monoisotopic (exact) mass is 356 g/mol. The molecule has 4 nitrogen and oxygen atoms in total. The highest BCUT2D eigenvalue weighted by Gasteiger charge is 2.37. The van der Waals surface area contributed by atoms with Gasteiger partial charge in [-0.15, -0.1) is 0 Å². The Balaban J connectivity index is 1.73. The molecule has 0 radical (unpaired) electrons. The molecule has 0 spiro atoms. The highest BCUT2D eigenvalue weighted by Crippen LogP contribution is 2.33. The summed E-state index contributed by atoms with van der Waals surface area (Å²) in [7, 11) is 0. The van der Waals surface area contributed by atoms with Gasteiger partial charge in [0, 0.05) is 19.0 Å². The van der Waals surface area contributed by atoms with Crippen LogP contribution < -0.4 is 10.5 Å². The Morgan fingerprint density at radius 3 is 2.54 bits per heavy atom. The van der Waals surface area contributed by atoms with Crippen LogP contribution in [-0.2, 0) is 4.79 Å². The van der Waals surface area contributed by atoms with Gasteiger partial charge in [0.05, 0.1) is 0 Å². The van der Waals surface area contributed by atoms with Crippen molar-refractivity contribution in [3.8, 4) is 5.75 Å². The van der Waals surface area contributed by atoms with Crippen LogP contribution in [0.15, 0.2) is 54.6 Å². The zero-order valence-corrected chi connectivity index (χ0v) is 15.0. The summed E-state index contributed by atoms with van der Waals surface area (Å²) in [5, 5.41) is 0. The molecule has 26 heavy (non-hydrogen) atoms. The molecule has 2 N–H and O–H groups in total. The third-order valence-electron chi connectivity index (χ3n) is 5.04. The van der Waals surface area contributed by atoms with E-state index >= 15 is 0 Å². The molecule has 0 bridgehead atoms. The minimum atomic E-state index is -0.695. The maximum absolute atomic E-state index is 13.9. The van der Waals surface area contributed by atoms with Crippen molar-refractivity contribution in [2.45, 2.75) is 25.4 Å². The predicted octanol–water partition coefficient (Wildman–Crippen LogP) is 3.18. The summed E-state index contributed by atoms with van der Waals surface area (Å²) in [6.07, 6.45) is -0.215. The van der Waals surface area contributed by atoms with Gasteiger partial charge >= 0.3 is 0 Å². The van der Waals surface area contributed by atoms with Crippen LogP contribution >= 0.6 is 0 Å². The maximum atomic E-state index is 13.9. The molecule has 2 aromatic rings. The van der Waals surface area contributed by atoms with Crippen LogP contribution in [0.5, 0.6) is 5.75 Å². The van der Waals surface area contributed by atoms with Crippen molar-refractivity contribution < 1.29 is 13.9 Å². The van der Waals surface area contributed by atoms with Gasteiger partial charge in [-0.1, -0.05) is 49.4 Å². The van der Waals surface area contributed by atoms with Crippen molar-refractivity contribution in [1.29, 1.82) is 0 Å². The van der Waals surface area contributed by atoms with E-state index in [4.69, 9.17) is 10.5 Å². The molecule has 1 fully saturated rings. The quantitative estimate of drug-likeness (QED) is 0.865. The Morgan fingerprint density at radius 1 is 1.19 bits per heavy atom. The third-order valence-corrected chi connectivity index (χ3v) is 5.04. The lowest BCUT2D eigenvalue weighted by Gasteiger charge is -2.24. The zero-order chi connectivity index (χ0) is 18.5. The molecule has 1 saturated heterocycles. The Kier molecular flexibility index (Phi) is 5.89. The number of rotatable bonds is 6. The minimum Gasteiger partial charge on any atom is -0.478 e. The first-order valence-electron chi connectivity index (χ1n) is 9.09. The first-order chi connectivity index (χ1) is 12.6. The lowest BCUT2D eigenvalue weighted by molar-refractivity contribution is -0.138. The van der Waals surface area contributed by atoms with Gasteiger partial charge in [0.25, 0.3) is 5.91 Å². The summed E-state index contributed by atoms with van der Waals surface area (Å²) in [5.41, 5.74) is 7.15. The van der Waals surface area contributed by atoms with Gasteiger partial charge in [-0.3, -0.25) is 4.79 Å². The number of carbonyl (C=O) groups excluding carboxylic acids is 1. The van der Waals surface area contributed by atoms with Crippen molar-refractivity contribution >= 4 is 5.91 Å². The molecule has 0 saturated carbocycles. The van der Waals surface area contributed by atoms with E-state index in [2.05, 4.69) is 12.1 Å². The number of halogens is 1. The molecule has 2 aromatic carbocycles. The van der Waals surface area contributed by atoms with Gasteiger partial charge in [-0.2, -0.15) is 0 Å². The molecular weight excluding hydrogens is 331 g/mol. The molecule has 1 unspecified atom stereocenters. The number of carbonyl (C=O) groups is 1. The van der Waals surface area contributed by atoms with Crippen molar-refractivity contribution in [3.63, 3.8) is 0 Å². The van der Waals surface area contributed by atoms with Gasteiger partial charge in [0.15, 0.2) is 17.7 Å².